The van der Waals surface area contributed by atoms with Crippen LogP contribution in [0.4, 0.5) is 4.39 Å². The Morgan fingerprint density at radius 1 is 1.41 bits per heavy atom. The Kier molecular flexibility index (Phi) is 5.09. The molecule has 4 heteroatoms. The number of benzene rings is 1. The van der Waals surface area contributed by atoms with Gasteiger partial charge in [0.25, 0.3) is 0 Å². The first-order valence-corrected chi connectivity index (χ1v) is 6.06. The molecule has 94 valence electrons. The Bertz CT molecular complexity index is 402. The van der Waals surface area contributed by atoms with Crippen molar-refractivity contribution in [2.75, 3.05) is 0 Å². The summed E-state index contributed by atoms with van der Waals surface area (Å²) in [5.74, 6) is -1.17. The maximum absolute atomic E-state index is 13.0. The zero-order chi connectivity index (χ0) is 13.0. The van der Waals surface area contributed by atoms with Gasteiger partial charge < -0.3 is 5.11 Å². The number of halogens is 2. The quantitative estimate of drug-likeness (QED) is 0.822. The summed E-state index contributed by atoms with van der Waals surface area (Å²) in [4.78, 5) is 12.0. The van der Waals surface area contributed by atoms with Gasteiger partial charge in [0.15, 0.2) is 5.78 Å². The summed E-state index contributed by atoms with van der Waals surface area (Å²) in [5.41, 5.74) is 0.0473. The summed E-state index contributed by atoms with van der Waals surface area (Å²) in [5, 5.41) is 10.1. The van der Waals surface area contributed by atoms with Crippen LogP contribution in [0, 0.1) is 11.7 Å². The maximum Gasteiger partial charge on any atom is 0.193 e. The molecule has 0 aliphatic heterocycles. The largest absolute Gasteiger partial charge is 0.385 e. The number of aliphatic hydroxyl groups is 1. The third-order valence-corrected chi connectivity index (χ3v) is 3.29. The number of aliphatic hydroxyl groups excluding tert-OH is 1. The van der Waals surface area contributed by atoms with Crippen molar-refractivity contribution in [1.82, 2.24) is 0 Å². The molecule has 0 aliphatic rings. The van der Waals surface area contributed by atoms with Crippen molar-refractivity contribution < 1.29 is 14.3 Å². The fraction of sp³-hybridized carbons (Fsp3) is 0.462. The van der Waals surface area contributed by atoms with E-state index >= 15 is 0 Å². The molecule has 0 amide bonds. The van der Waals surface area contributed by atoms with Crippen LogP contribution in [0.25, 0.3) is 0 Å². The van der Waals surface area contributed by atoms with E-state index in [0.717, 1.165) is 6.07 Å². The van der Waals surface area contributed by atoms with E-state index in [-0.39, 0.29) is 16.5 Å². The maximum atomic E-state index is 13.0. The average molecular weight is 259 g/mol. The highest BCUT2D eigenvalue weighted by Gasteiger charge is 2.26. The van der Waals surface area contributed by atoms with Crippen LogP contribution in [-0.4, -0.2) is 17.0 Å². The van der Waals surface area contributed by atoms with Crippen molar-refractivity contribution in [3.05, 3.63) is 34.6 Å². The number of ketones is 1. The standard InChI is InChI=1S/C13H16ClFO2/c1-3-8(4-2)12(16)13(17)10-7-9(15)5-6-11(10)14/h5-8,12,16H,3-4H2,1-2H3. The van der Waals surface area contributed by atoms with Gasteiger partial charge in [-0.2, -0.15) is 0 Å². The zero-order valence-electron chi connectivity index (χ0n) is 9.91. The Balaban J connectivity index is 2.99. The zero-order valence-corrected chi connectivity index (χ0v) is 10.7. The van der Waals surface area contributed by atoms with E-state index in [4.69, 9.17) is 11.6 Å². The molecule has 0 fully saturated rings. The number of hydrogen-bond acceptors (Lipinski definition) is 2. The Morgan fingerprint density at radius 2 is 2.00 bits per heavy atom. The fourth-order valence-corrected chi connectivity index (χ4v) is 2.01. The van der Waals surface area contributed by atoms with Gasteiger partial charge in [0.05, 0.1) is 5.02 Å². The summed E-state index contributed by atoms with van der Waals surface area (Å²) < 4.78 is 13.0. The first-order chi connectivity index (χ1) is 8.01. The van der Waals surface area contributed by atoms with Crippen molar-refractivity contribution in [3.63, 3.8) is 0 Å². The van der Waals surface area contributed by atoms with Crippen LogP contribution in [0.2, 0.25) is 5.02 Å². The van der Waals surface area contributed by atoms with Gasteiger partial charge in [-0.1, -0.05) is 38.3 Å². The summed E-state index contributed by atoms with van der Waals surface area (Å²) >= 11 is 5.83. The first-order valence-electron chi connectivity index (χ1n) is 5.68. The minimum atomic E-state index is -1.12. The highest BCUT2D eigenvalue weighted by Crippen LogP contribution is 2.23. The molecular weight excluding hydrogens is 243 g/mol. The molecule has 0 aliphatic carbocycles. The van der Waals surface area contributed by atoms with E-state index in [1.165, 1.54) is 12.1 Å². The number of rotatable bonds is 5. The van der Waals surface area contributed by atoms with Crippen molar-refractivity contribution in [1.29, 1.82) is 0 Å². The second-order valence-electron chi connectivity index (χ2n) is 4.01. The van der Waals surface area contributed by atoms with Gasteiger partial charge >= 0.3 is 0 Å². The molecule has 0 spiro atoms. The Morgan fingerprint density at radius 3 is 2.53 bits per heavy atom. The molecule has 0 saturated heterocycles. The number of hydrogen-bond donors (Lipinski definition) is 1. The minimum absolute atomic E-state index is 0.0473. The monoisotopic (exact) mass is 258 g/mol. The molecule has 0 radical (unpaired) electrons. The molecule has 1 atom stereocenters. The summed E-state index contributed by atoms with van der Waals surface area (Å²) in [7, 11) is 0. The van der Waals surface area contributed by atoms with Crippen LogP contribution >= 0.6 is 11.6 Å². The van der Waals surface area contributed by atoms with E-state index in [2.05, 4.69) is 0 Å². The highest BCUT2D eigenvalue weighted by atomic mass is 35.5. The Hall–Kier alpha value is -0.930. The van der Waals surface area contributed by atoms with Gasteiger partial charge in [-0.15, -0.1) is 0 Å². The summed E-state index contributed by atoms with van der Waals surface area (Å²) in [6, 6.07) is 3.57. The number of Topliss-reactive ketones (excluding diaryl/α,β-unsaturated/α-hetero) is 1. The molecule has 1 aromatic carbocycles. The molecule has 0 bridgehead atoms. The lowest BCUT2D eigenvalue weighted by molar-refractivity contribution is 0.0588. The van der Waals surface area contributed by atoms with Crippen LogP contribution in [-0.2, 0) is 0 Å². The van der Waals surface area contributed by atoms with Crippen LogP contribution in [0.15, 0.2) is 18.2 Å². The SMILES string of the molecule is CCC(CC)C(O)C(=O)c1cc(F)ccc1Cl. The van der Waals surface area contributed by atoms with E-state index in [1.54, 1.807) is 0 Å². The number of carbonyl (C=O) groups is 1. The van der Waals surface area contributed by atoms with E-state index < -0.39 is 17.7 Å². The molecule has 1 unspecified atom stereocenters. The van der Waals surface area contributed by atoms with Crippen molar-refractivity contribution in [2.45, 2.75) is 32.8 Å². The normalized spacial score (nSPS) is 12.8. The molecule has 1 N–H and O–H groups in total. The third kappa shape index (κ3) is 3.27. The third-order valence-electron chi connectivity index (χ3n) is 2.96. The van der Waals surface area contributed by atoms with Crippen molar-refractivity contribution in [3.8, 4) is 0 Å². The molecule has 2 nitrogen and oxygen atoms in total. The lowest BCUT2D eigenvalue weighted by Crippen LogP contribution is -2.29. The smallest absolute Gasteiger partial charge is 0.193 e. The van der Waals surface area contributed by atoms with Crippen LogP contribution in [0.5, 0.6) is 0 Å². The summed E-state index contributed by atoms with van der Waals surface area (Å²) in [6.45, 7) is 3.80. The predicted octanol–water partition coefficient (Wildman–Crippen LogP) is 3.46. The molecule has 1 rings (SSSR count). The van der Waals surface area contributed by atoms with Gasteiger partial charge in [-0.05, 0) is 24.1 Å². The van der Waals surface area contributed by atoms with E-state index in [0.29, 0.717) is 12.8 Å². The average Bonchev–Trinajstić information content (AvgIpc) is 2.32. The molecular formula is C13H16ClFO2. The van der Waals surface area contributed by atoms with Crippen molar-refractivity contribution >= 4 is 17.4 Å². The second-order valence-corrected chi connectivity index (χ2v) is 4.42. The topological polar surface area (TPSA) is 37.3 Å². The Labute approximate surface area is 105 Å². The van der Waals surface area contributed by atoms with Crippen molar-refractivity contribution in [2.24, 2.45) is 5.92 Å². The number of carbonyl (C=O) groups excluding carboxylic acids is 1. The van der Waals surface area contributed by atoms with Gasteiger partial charge in [0, 0.05) is 5.56 Å². The highest BCUT2D eigenvalue weighted by molar-refractivity contribution is 6.34. The molecule has 0 aromatic heterocycles. The predicted molar refractivity (Wildman–Crippen MR) is 65.8 cm³/mol. The molecule has 17 heavy (non-hydrogen) atoms. The van der Waals surface area contributed by atoms with Crippen LogP contribution in [0.3, 0.4) is 0 Å². The van der Waals surface area contributed by atoms with Gasteiger partial charge in [0.1, 0.15) is 11.9 Å². The molecule has 1 aromatic rings. The first kappa shape index (κ1) is 14.1. The lowest BCUT2D eigenvalue weighted by Gasteiger charge is -2.19. The van der Waals surface area contributed by atoms with Gasteiger partial charge in [-0.25, -0.2) is 4.39 Å². The van der Waals surface area contributed by atoms with E-state index in [1.807, 2.05) is 13.8 Å². The molecule has 0 saturated carbocycles. The lowest BCUT2D eigenvalue weighted by atomic mass is 9.91. The van der Waals surface area contributed by atoms with Gasteiger partial charge in [-0.3, -0.25) is 4.79 Å². The van der Waals surface area contributed by atoms with Crippen LogP contribution in [0.1, 0.15) is 37.0 Å². The minimum Gasteiger partial charge on any atom is -0.385 e. The second kappa shape index (κ2) is 6.12. The van der Waals surface area contributed by atoms with Gasteiger partial charge in [0.2, 0.25) is 0 Å². The molecule has 0 heterocycles. The fourth-order valence-electron chi connectivity index (χ4n) is 1.79. The van der Waals surface area contributed by atoms with Crippen LogP contribution < -0.4 is 0 Å². The summed E-state index contributed by atoms with van der Waals surface area (Å²) in [6.07, 6.45) is 0.261. The van der Waals surface area contributed by atoms with E-state index in [9.17, 15) is 14.3 Å².